The largest absolute Gasteiger partial charge is 0.379 e. The van der Waals surface area contributed by atoms with E-state index in [0.29, 0.717) is 17.8 Å². The smallest absolute Gasteiger partial charge is 0.295 e. The Bertz CT molecular complexity index is 375. The number of nitrogens with one attached hydrogen (secondary N) is 1. The van der Waals surface area contributed by atoms with Gasteiger partial charge in [-0.15, -0.1) is 6.58 Å². The molecular weight excluding hydrogens is 192 g/mol. The highest BCUT2D eigenvalue weighted by Gasteiger charge is 2.15. The van der Waals surface area contributed by atoms with Gasteiger partial charge in [0.1, 0.15) is 5.69 Å². The number of nitro benzene ring substituents is 1. The molecular formula is C11H14N2O2. The van der Waals surface area contributed by atoms with Gasteiger partial charge in [0.2, 0.25) is 0 Å². The lowest BCUT2D eigenvalue weighted by molar-refractivity contribution is -0.384. The van der Waals surface area contributed by atoms with E-state index in [-0.39, 0.29) is 10.6 Å². The molecule has 0 fully saturated rings. The SMILES string of the molecule is C=CCCNc1cccc(C)c1[N+](=O)[O-]. The third-order valence-corrected chi connectivity index (χ3v) is 2.08. The standard InChI is InChI=1S/C11H14N2O2/c1-3-4-8-12-10-7-5-6-9(2)11(10)13(14)15/h3,5-7,12H,1,4,8H2,2H3. The first-order valence-corrected chi connectivity index (χ1v) is 4.75. The molecule has 0 bridgehead atoms. The molecule has 0 atom stereocenters. The normalized spacial score (nSPS) is 9.67. The number of anilines is 1. The van der Waals surface area contributed by atoms with Crippen LogP contribution in [0.4, 0.5) is 11.4 Å². The molecule has 0 aliphatic heterocycles. The molecule has 1 rings (SSSR count). The van der Waals surface area contributed by atoms with E-state index in [0.717, 1.165) is 6.42 Å². The van der Waals surface area contributed by atoms with Gasteiger partial charge < -0.3 is 5.32 Å². The second-order valence-corrected chi connectivity index (χ2v) is 3.23. The Labute approximate surface area is 88.8 Å². The molecule has 15 heavy (non-hydrogen) atoms. The summed E-state index contributed by atoms with van der Waals surface area (Å²) in [6, 6.07) is 5.25. The van der Waals surface area contributed by atoms with Crippen molar-refractivity contribution in [1.29, 1.82) is 0 Å². The van der Waals surface area contributed by atoms with Crippen LogP contribution in [0.25, 0.3) is 0 Å². The van der Waals surface area contributed by atoms with Crippen molar-refractivity contribution < 1.29 is 4.92 Å². The summed E-state index contributed by atoms with van der Waals surface area (Å²) in [7, 11) is 0. The van der Waals surface area contributed by atoms with Crippen molar-refractivity contribution in [2.75, 3.05) is 11.9 Å². The van der Waals surface area contributed by atoms with Gasteiger partial charge in [-0.1, -0.05) is 18.2 Å². The molecule has 0 spiro atoms. The zero-order chi connectivity index (χ0) is 11.3. The Morgan fingerprint density at radius 3 is 2.93 bits per heavy atom. The average Bonchev–Trinajstić information content (AvgIpc) is 2.17. The third-order valence-electron chi connectivity index (χ3n) is 2.08. The summed E-state index contributed by atoms with van der Waals surface area (Å²) in [6.07, 6.45) is 2.56. The monoisotopic (exact) mass is 206 g/mol. The van der Waals surface area contributed by atoms with Crippen LogP contribution in [0.1, 0.15) is 12.0 Å². The first kappa shape index (κ1) is 11.2. The van der Waals surface area contributed by atoms with Gasteiger partial charge in [0, 0.05) is 12.1 Å². The van der Waals surface area contributed by atoms with E-state index in [1.54, 1.807) is 31.2 Å². The lowest BCUT2D eigenvalue weighted by Crippen LogP contribution is -2.04. The zero-order valence-electron chi connectivity index (χ0n) is 8.69. The lowest BCUT2D eigenvalue weighted by Gasteiger charge is -2.06. The molecule has 0 unspecified atom stereocenters. The molecule has 80 valence electrons. The first-order valence-electron chi connectivity index (χ1n) is 4.75. The van der Waals surface area contributed by atoms with E-state index in [4.69, 9.17) is 0 Å². The predicted molar refractivity (Wildman–Crippen MR) is 61.1 cm³/mol. The van der Waals surface area contributed by atoms with Gasteiger partial charge in [-0.2, -0.15) is 0 Å². The van der Waals surface area contributed by atoms with E-state index in [2.05, 4.69) is 11.9 Å². The number of hydrogen-bond donors (Lipinski definition) is 1. The summed E-state index contributed by atoms with van der Waals surface area (Å²) >= 11 is 0. The minimum atomic E-state index is -0.356. The average molecular weight is 206 g/mol. The maximum absolute atomic E-state index is 10.8. The van der Waals surface area contributed by atoms with Crippen LogP contribution in [0.5, 0.6) is 0 Å². The Balaban J connectivity index is 2.90. The summed E-state index contributed by atoms with van der Waals surface area (Å²) < 4.78 is 0. The molecule has 0 heterocycles. The van der Waals surface area contributed by atoms with E-state index in [1.165, 1.54) is 0 Å². The van der Waals surface area contributed by atoms with Crippen LogP contribution in [0, 0.1) is 17.0 Å². The zero-order valence-corrected chi connectivity index (χ0v) is 8.69. The maximum Gasteiger partial charge on any atom is 0.295 e. The minimum absolute atomic E-state index is 0.154. The highest BCUT2D eigenvalue weighted by Crippen LogP contribution is 2.27. The summed E-state index contributed by atoms with van der Waals surface area (Å²) in [4.78, 5) is 10.5. The van der Waals surface area contributed by atoms with Gasteiger partial charge in [0.15, 0.2) is 0 Å². The first-order chi connectivity index (χ1) is 7.16. The summed E-state index contributed by atoms with van der Waals surface area (Å²) in [5.74, 6) is 0. The number of rotatable bonds is 5. The van der Waals surface area contributed by atoms with Crippen molar-refractivity contribution in [3.8, 4) is 0 Å². The Morgan fingerprint density at radius 1 is 1.60 bits per heavy atom. The van der Waals surface area contributed by atoms with Crippen molar-refractivity contribution >= 4 is 11.4 Å². The minimum Gasteiger partial charge on any atom is -0.379 e. The van der Waals surface area contributed by atoms with Crippen molar-refractivity contribution in [2.24, 2.45) is 0 Å². The fraction of sp³-hybridized carbons (Fsp3) is 0.273. The van der Waals surface area contributed by atoms with E-state index < -0.39 is 0 Å². The Kier molecular flexibility index (Phi) is 3.85. The van der Waals surface area contributed by atoms with Gasteiger partial charge in [0.05, 0.1) is 4.92 Å². The van der Waals surface area contributed by atoms with Crippen LogP contribution in [0.15, 0.2) is 30.9 Å². The van der Waals surface area contributed by atoms with Crippen LogP contribution in [-0.4, -0.2) is 11.5 Å². The molecule has 0 saturated carbocycles. The molecule has 4 heteroatoms. The number of benzene rings is 1. The number of para-hydroxylation sites is 1. The van der Waals surface area contributed by atoms with Crippen LogP contribution < -0.4 is 5.32 Å². The topological polar surface area (TPSA) is 55.2 Å². The molecule has 0 radical (unpaired) electrons. The second kappa shape index (κ2) is 5.14. The van der Waals surface area contributed by atoms with Gasteiger partial charge in [-0.25, -0.2) is 0 Å². The molecule has 0 aliphatic rings. The second-order valence-electron chi connectivity index (χ2n) is 3.23. The lowest BCUT2D eigenvalue weighted by atomic mass is 10.1. The van der Waals surface area contributed by atoms with Gasteiger partial charge in [-0.05, 0) is 19.4 Å². The molecule has 0 saturated heterocycles. The fourth-order valence-corrected chi connectivity index (χ4v) is 1.35. The van der Waals surface area contributed by atoms with Gasteiger partial charge >= 0.3 is 0 Å². The fourth-order valence-electron chi connectivity index (χ4n) is 1.35. The van der Waals surface area contributed by atoms with Crippen LogP contribution in [0.3, 0.4) is 0 Å². The van der Waals surface area contributed by atoms with Gasteiger partial charge in [-0.3, -0.25) is 10.1 Å². The van der Waals surface area contributed by atoms with E-state index in [1.807, 2.05) is 0 Å². The number of nitrogens with zero attached hydrogens (tertiary/aromatic N) is 1. The summed E-state index contributed by atoms with van der Waals surface area (Å²) in [5, 5.41) is 13.8. The third kappa shape index (κ3) is 2.80. The molecule has 1 aromatic carbocycles. The quantitative estimate of drug-likeness (QED) is 0.349. The molecule has 0 amide bonds. The van der Waals surface area contributed by atoms with Crippen molar-refractivity contribution in [2.45, 2.75) is 13.3 Å². The Morgan fingerprint density at radius 2 is 2.33 bits per heavy atom. The number of nitro groups is 1. The summed E-state index contributed by atoms with van der Waals surface area (Å²) in [5.41, 5.74) is 1.40. The van der Waals surface area contributed by atoms with Crippen LogP contribution in [-0.2, 0) is 0 Å². The van der Waals surface area contributed by atoms with Crippen molar-refractivity contribution in [3.63, 3.8) is 0 Å². The molecule has 0 aromatic heterocycles. The van der Waals surface area contributed by atoms with E-state index >= 15 is 0 Å². The van der Waals surface area contributed by atoms with Crippen LogP contribution in [0.2, 0.25) is 0 Å². The van der Waals surface area contributed by atoms with E-state index in [9.17, 15) is 10.1 Å². The number of aryl methyl sites for hydroxylation is 1. The highest BCUT2D eigenvalue weighted by molar-refractivity contribution is 5.64. The summed E-state index contributed by atoms with van der Waals surface area (Å²) in [6.45, 7) is 5.99. The molecule has 0 aliphatic carbocycles. The van der Waals surface area contributed by atoms with Crippen LogP contribution >= 0.6 is 0 Å². The maximum atomic E-state index is 10.8. The molecule has 4 nitrogen and oxygen atoms in total. The van der Waals surface area contributed by atoms with Crippen molar-refractivity contribution in [1.82, 2.24) is 0 Å². The molecule has 1 aromatic rings. The van der Waals surface area contributed by atoms with Crippen molar-refractivity contribution in [3.05, 3.63) is 46.5 Å². The highest BCUT2D eigenvalue weighted by atomic mass is 16.6. The number of hydrogen-bond acceptors (Lipinski definition) is 3. The molecule has 1 N–H and O–H groups in total. The van der Waals surface area contributed by atoms with Gasteiger partial charge in [0.25, 0.3) is 5.69 Å². The predicted octanol–water partition coefficient (Wildman–Crippen LogP) is 2.89. The Hall–Kier alpha value is -1.84.